The lowest BCUT2D eigenvalue weighted by Gasteiger charge is -2.03. The van der Waals surface area contributed by atoms with Crippen molar-refractivity contribution in [2.45, 2.75) is 13.5 Å². The van der Waals surface area contributed by atoms with E-state index >= 15 is 0 Å². The van der Waals surface area contributed by atoms with Crippen molar-refractivity contribution in [1.29, 1.82) is 0 Å². The van der Waals surface area contributed by atoms with Crippen LogP contribution in [0.15, 0.2) is 33.6 Å². The van der Waals surface area contributed by atoms with E-state index in [0.29, 0.717) is 0 Å². The number of nitrogens with one attached hydrogen (secondary N) is 1. The Bertz CT molecular complexity index is 442. The number of aromatic nitrogens is 1. The van der Waals surface area contributed by atoms with Gasteiger partial charge < -0.3 is 5.32 Å². The van der Waals surface area contributed by atoms with E-state index in [1.54, 1.807) is 11.3 Å². The van der Waals surface area contributed by atoms with Gasteiger partial charge >= 0.3 is 0 Å². The molecular weight excluding hydrogens is 308 g/mol. The molecule has 0 saturated heterocycles. The second-order valence-electron chi connectivity index (χ2n) is 3.33. The fourth-order valence-corrected chi connectivity index (χ4v) is 2.41. The lowest BCUT2D eigenvalue weighted by molar-refractivity contribution is 1.11. The zero-order chi connectivity index (χ0) is 10.7. The number of pyridine rings is 1. The average Bonchev–Trinajstić information content (AvgIpc) is 2.64. The second-order valence-corrected chi connectivity index (χ2v) is 5.62. The summed E-state index contributed by atoms with van der Waals surface area (Å²) in [6.07, 6.45) is 1.87. The third kappa shape index (κ3) is 3.77. The van der Waals surface area contributed by atoms with Gasteiger partial charge in [0, 0.05) is 12.7 Å². The smallest absolute Gasteiger partial charge is 0.126 e. The van der Waals surface area contributed by atoms with Gasteiger partial charge in [-0.1, -0.05) is 6.07 Å². The number of rotatable bonds is 3. The van der Waals surface area contributed by atoms with Gasteiger partial charge in [-0.2, -0.15) is 0 Å². The van der Waals surface area contributed by atoms with Gasteiger partial charge in [-0.05, 0) is 51.5 Å². The molecule has 0 bridgehead atoms. The first-order chi connectivity index (χ1) is 7.24. The molecule has 2 aromatic heterocycles. The van der Waals surface area contributed by atoms with Gasteiger partial charge in [-0.25, -0.2) is 4.98 Å². The maximum Gasteiger partial charge on any atom is 0.126 e. The number of anilines is 1. The van der Waals surface area contributed by atoms with Crippen LogP contribution in [0.1, 0.15) is 11.1 Å². The summed E-state index contributed by atoms with van der Waals surface area (Å²) >= 11 is 5.14. The number of hydrogen-bond acceptors (Lipinski definition) is 3. The Morgan fingerprint density at radius 2 is 2.25 bits per heavy atom. The van der Waals surface area contributed by atoms with Crippen LogP contribution in [0.25, 0.3) is 0 Å². The number of nitrogens with zero attached hydrogens (tertiary/aromatic N) is 1. The van der Waals surface area contributed by atoms with E-state index in [9.17, 15) is 0 Å². The normalized spacial score (nSPS) is 9.62. The van der Waals surface area contributed by atoms with Crippen LogP contribution in [0.3, 0.4) is 0 Å². The Labute approximate surface area is 114 Å². The van der Waals surface area contributed by atoms with Gasteiger partial charge in [0.05, 0.1) is 3.79 Å². The van der Waals surface area contributed by atoms with Crippen LogP contribution in [0.4, 0.5) is 5.82 Å². The van der Waals surface area contributed by atoms with Crippen LogP contribution in [-0.2, 0) is 6.54 Å². The first-order valence-corrected chi connectivity index (χ1v) is 6.31. The molecule has 5 heteroatoms. The third-order valence-electron chi connectivity index (χ3n) is 2.01. The summed E-state index contributed by atoms with van der Waals surface area (Å²) in [5, 5.41) is 5.41. The van der Waals surface area contributed by atoms with E-state index in [2.05, 4.69) is 43.7 Å². The SMILES string of the molecule is Cc1ccc(NCc2csc(Br)c2)nc1.Cl. The molecule has 2 heterocycles. The highest BCUT2D eigenvalue weighted by Crippen LogP contribution is 2.21. The molecule has 0 spiro atoms. The van der Waals surface area contributed by atoms with E-state index in [-0.39, 0.29) is 12.4 Å². The molecular formula is C11H12BrClN2S. The fourth-order valence-electron chi connectivity index (χ4n) is 1.20. The fraction of sp³-hybridized carbons (Fsp3) is 0.182. The molecule has 0 saturated carbocycles. The number of halogens is 2. The molecule has 0 aliphatic rings. The summed E-state index contributed by atoms with van der Waals surface area (Å²) in [5.41, 5.74) is 2.45. The molecule has 0 atom stereocenters. The van der Waals surface area contributed by atoms with Crippen molar-refractivity contribution in [3.63, 3.8) is 0 Å². The summed E-state index contributed by atoms with van der Waals surface area (Å²) in [4.78, 5) is 4.28. The highest BCUT2D eigenvalue weighted by molar-refractivity contribution is 9.11. The number of thiophene rings is 1. The molecule has 0 aromatic carbocycles. The van der Waals surface area contributed by atoms with Gasteiger partial charge in [0.25, 0.3) is 0 Å². The Morgan fingerprint density at radius 3 is 2.81 bits per heavy atom. The van der Waals surface area contributed by atoms with Crippen LogP contribution in [0.5, 0.6) is 0 Å². The first-order valence-electron chi connectivity index (χ1n) is 4.63. The minimum absolute atomic E-state index is 0. The Balaban J connectivity index is 0.00000128. The quantitative estimate of drug-likeness (QED) is 0.915. The van der Waals surface area contributed by atoms with Crippen LogP contribution in [0, 0.1) is 6.92 Å². The van der Waals surface area contributed by atoms with Crippen molar-refractivity contribution in [2.75, 3.05) is 5.32 Å². The summed E-state index contributed by atoms with van der Waals surface area (Å²) in [6.45, 7) is 2.85. The molecule has 0 aliphatic heterocycles. The Kier molecular flexibility index (Phi) is 5.25. The van der Waals surface area contributed by atoms with Gasteiger partial charge in [0.15, 0.2) is 0 Å². The molecule has 0 aliphatic carbocycles. The minimum atomic E-state index is 0. The van der Waals surface area contributed by atoms with Crippen LogP contribution in [-0.4, -0.2) is 4.98 Å². The molecule has 0 amide bonds. The maximum atomic E-state index is 4.28. The predicted octanol–water partition coefficient (Wildman–Crippen LogP) is 4.25. The van der Waals surface area contributed by atoms with E-state index < -0.39 is 0 Å². The molecule has 2 nitrogen and oxygen atoms in total. The predicted molar refractivity (Wildman–Crippen MR) is 75.6 cm³/mol. The molecule has 0 radical (unpaired) electrons. The van der Waals surface area contributed by atoms with Crippen molar-refractivity contribution >= 4 is 45.5 Å². The van der Waals surface area contributed by atoms with E-state index in [4.69, 9.17) is 0 Å². The molecule has 2 aromatic rings. The zero-order valence-electron chi connectivity index (χ0n) is 8.74. The van der Waals surface area contributed by atoms with E-state index in [1.165, 1.54) is 11.1 Å². The highest BCUT2D eigenvalue weighted by atomic mass is 79.9. The van der Waals surface area contributed by atoms with E-state index in [1.807, 2.05) is 19.2 Å². The minimum Gasteiger partial charge on any atom is -0.366 e. The molecule has 86 valence electrons. The standard InChI is InChI=1S/C11H11BrN2S.ClH/c1-8-2-3-11(13-5-8)14-6-9-4-10(12)15-7-9;/h2-5,7H,6H2,1H3,(H,13,14);1H. The molecule has 16 heavy (non-hydrogen) atoms. The topological polar surface area (TPSA) is 24.9 Å². The van der Waals surface area contributed by atoms with Gasteiger partial charge in [0.2, 0.25) is 0 Å². The average molecular weight is 320 g/mol. The summed E-state index contributed by atoms with van der Waals surface area (Å²) in [7, 11) is 0. The number of hydrogen-bond donors (Lipinski definition) is 1. The zero-order valence-corrected chi connectivity index (χ0v) is 12.0. The Hall–Kier alpha value is -0.580. The third-order valence-corrected chi connectivity index (χ3v) is 3.56. The van der Waals surface area contributed by atoms with Gasteiger partial charge in [0.1, 0.15) is 5.82 Å². The largest absolute Gasteiger partial charge is 0.366 e. The lowest BCUT2D eigenvalue weighted by atomic mass is 10.3. The molecule has 0 fully saturated rings. The Morgan fingerprint density at radius 1 is 1.44 bits per heavy atom. The summed E-state index contributed by atoms with van der Waals surface area (Å²) in [6, 6.07) is 6.17. The molecule has 1 N–H and O–H groups in total. The van der Waals surface area contributed by atoms with Crippen molar-refractivity contribution in [1.82, 2.24) is 4.98 Å². The monoisotopic (exact) mass is 318 g/mol. The van der Waals surface area contributed by atoms with Gasteiger partial charge in [-0.15, -0.1) is 23.7 Å². The van der Waals surface area contributed by atoms with Crippen LogP contribution >= 0.6 is 39.7 Å². The lowest BCUT2D eigenvalue weighted by Crippen LogP contribution is -1.99. The van der Waals surface area contributed by atoms with Crippen molar-refractivity contribution in [3.8, 4) is 0 Å². The van der Waals surface area contributed by atoms with E-state index in [0.717, 1.165) is 16.1 Å². The molecule has 2 rings (SSSR count). The first kappa shape index (κ1) is 13.5. The van der Waals surface area contributed by atoms with Crippen LogP contribution in [0.2, 0.25) is 0 Å². The van der Waals surface area contributed by atoms with Crippen molar-refractivity contribution < 1.29 is 0 Å². The second kappa shape index (κ2) is 6.23. The van der Waals surface area contributed by atoms with Gasteiger partial charge in [-0.3, -0.25) is 0 Å². The highest BCUT2D eigenvalue weighted by Gasteiger charge is 1.97. The van der Waals surface area contributed by atoms with Crippen molar-refractivity contribution in [3.05, 3.63) is 44.7 Å². The molecule has 0 unspecified atom stereocenters. The van der Waals surface area contributed by atoms with Crippen LogP contribution < -0.4 is 5.32 Å². The van der Waals surface area contributed by atoms with Crippen molar-refractivity contribution in [2.24, 2.45) is 0 Å². The summed E-state index contributed by atoms with van der Waals surface area (Å²) < 4.78 is 1.16. The summed E-state index contributed by atoms with van der Waals surface area (Å²) in [5.74, 6) is 0.919. The maximum absolute atomic E-state index is 4.28. The number of aryl methyl sites for hydroxylation is 1.